The maximum atomic E-state index is 13.1. The summed E-state index contributed by atoms with van der Waals surface area (Å²) in [5.74, 6) is 0. The molecule has 0 amide bonds. The zero-order valence-electron chi connectivity index (χ0n) is 13.4. The second-order valence-corrected chi connectivity index (χ2v) is 7.82. The van der Waals surface area contributed by atoms with Crippen LogP contribution in [0.5, 0.6) is 0 Å². The second kappa shape index (κ2) is 6.07. The molecule has 6 nitrogen and oxygen atoms in total. The van der Waals surface area contributed by atoms with E-state index in [-0.39, 0.29) is 10.5 Å². The van der Waals surface area contributed by atoms with Crippen molar-refractivity contribution in [3.8, 4) is 0 Å². The Morgan fingerprint density at radius 1 is 1.17 bits per heavy atom. The normalized spacial score (nSPS) is 17.3. The van der Waals surface area contributed by atoms with Crippen molar-refractivity contribution in [2.24, 2.45) is 7.05 Å². The first-order chi connectivity index (χ1) is 10.9. The molecule has 0 unspecified atom stereocenters. The van der Waals surface area contributed by atoms with Gasteiger partial charge in [0.2, 0.25) is 10.0 Å². The van der Waals surface area contributed by atoms with Gasteiger partial charge in [-0.1, -0.05) is 6.07 Å². The number of rotatable bonds is 2. The monoisotopic (exact) mass is 335 g/mol. The lowest BCUT2D eigenvalue weighted by atomic mass is 10.1. The van der Waals surface area contributed by atoms with Crippen LogP contribution in [0.1, 0.15) is 12.0 Å². The summed E-state index contributed by atoms with van der Waals surface area (Å²) in [6, 6.07) is 4.93. The van der Waals surface area contributed by atoms with Gasteiger partial charge in [0.25, 0.3) is 5.56 Å². The van der Waals surface area contributed by atoms with Crippen molar-refractivity contribution in [1.29, 1.82) is 0 Å². The minimum Gasteiger partial charge on any atom is -0.318 e. The highest BCUT2D eigenvalue weighted by molar-refractivity contribution is 7.89. The van der Waals surface area contributed by atoms with Gasteiger partial charge in [0.1, 0.15) is 0 Å². The third-order valence-corrected chi connectivity index (χ3v) is 6.22. The molecule has 1 aromatic carbocycles. The molecular weight excluding hydrogens is 314 g/mol. The molecule has 0 aliphatic carbocycles. The minimum atomic E-state index is -3.62. The molecule has 1 aliphatic rings. The number of sulfonamides is 1. The maximum absolute atomic E-state index is 13.1. The van der Waals surface area contributed by atoms with Crippen LogP contribution in [-0.4, -0.2) is 43.5 Å². The van der Waals surface area contributed by atoms with Crippen LogP contribution in [0.4, 0.5) is 0 Å². The van der Waals surface area contributed by atoms with E-state index in [1.54, 1.807) is 31.4 Å². The fourth-order valence-corrected chi connectivity index (χ4v) is 4.89. The number of pyridine rings is 1. The first-order valence-electron chi connectivity index (χ1n) is 7.73. The van der Waals surface area contributed by atoms with E-state index in [2.05, 4.69) is 5.32 Å². The molecule has 0 bridgehead atoms. The van der Waals surface area contributed by atoms with Gasteiger partial charge in [-0.05, 0) is 37.6 Å². The highest BCUT2D eigenvalue weighted by atomic mass is 32.2. The molecule has 1 saturated heterocycles. The lowest BCUT2D eigenvalue weighted by molar-refractivity contribution is 0.432. The van der Waals surface area contributed by atoms with Gasteiger partial charge < -0.3 is 9.88 Å². The Bertz CT molecular complexity index is 895. The Morgan fingerprint density at radius 2 is 1.96 bits per heavy atom. The van der Waals surface area contributed by atoms with Crippen molar-refractivity contribution in [3.63, 3.8) is 0 Å². The molecule has 7 heteroatoms. The van der Waals surface area contributed by atoms with Crippen LogP contribution >= 0.6 is 0 Å². The Balaban J connectivity index is 2.23. The number of nitrogens with one attached hydrogen (secondary N) is 1. The largest absolute Gasteiger partial charge is 0.318 e. The molecule has 1 aliphatic heterocycles. The Labute approximate surface area is 135 Å². The molecule has 3 rings (SSSR count). The predicted molar refractivity (Wildman–Crippen MR) is 90.2 cm³/mol. The van der Waals surface area contributed by atoms with E-state index < -0.39 is 10.0 Å². The summed E-state index contributed by atoms with van der Waals surface area (Å²) < 4.78 is 29.2. The van der Waals surface area contributed by atoms with Gasteiger partial charge in [-0.2, -0.15) is 4.31 Å². The molecule has 0 atom stereocenters. The number of benzene rings is 1. The quantitative estimate of drug-likeness (QED) is 0.882. The predicted octanol–water partition coefficient (Wildman–Crippen LogP) is 0.831. The van der Waals surface area contributed by atoms with E-state index in [0.717, 1.165) is 18.5 Å². The van der Waals surface area contributed by atoms with Gasteiger partial charge >= 0.3 is 0 Å². The van der Waals surface area contributed by atoms with Crippen molar-refractivity contribution in [2.45, 2.75) is 18.2 Å². The summed E-state index contributed by atoms with van der Waals surface area (Å²) >= 11 is 0. The van der Waals surface area contributed by atoms with Gasteiger partial charge in [-0.25, -0.2) is 8.42 Å². The highest BCUT2D eigenvalue weighted by Gasteiger charge is 2.27. The van der Waals surface area contributed by atoms with E-state index in [9.17, 15) is 13.2 Å². The van der Waals surface area contributed by atoms with Crippen LogP contribution in [0.3, 0.4) is 0 Å². The first-order valence-corrected chi connectivity index (χ1v) is 9.17. The number of aryl methyl sites for hydroxylation is 2. The number of hydrogen-bond acceptors (Lipinski definition) is 4. The smallest absolute Gasteiger partial charge is 0.258 e. The summed E-state index contributed by atoms with van der Waals surface area (Å²) in [6.07, 6.45) is 2.47. The molecular formula is C16H21N3O3S. The minimum absolute atomic E-state index is 0.180. The lowest BCUT2D eigenvalue weighted by Gasteiger charge is -2.21. The summed E-state index contributed by atoms with van der Waals surface area (Å²) in [5, 5.41) is 4.19. The molecule has 1 fully saturated rings. The first kappa shape index (κ1) is 16.2. The molecule has 2 heterocycles. The van der Waals surface area contributed by atoms with Gasteiger partial charge in [0, 0.05) is 43.7 Å². The Morgan fingerprint density at radius 3 is 2.74 bits per heavy atom. The van der Waals surface area contributed by atoms with Crippen molar-refractivity contribution in [3.05, 3.63) is 40.3 Å². The lowest BCUT2D eigenvalue weighted by Crippen LogP contribution is -2.34. The highest BCUT2D eigenvalue weighted by Crippen LogP contribution is 2.27. The molecule has 124 valence electrons. The van der Waals surface area contributed by atoms with Crippen LogP contribution in [0.2, 0.25) is 0 Å². The van der Waals surface area contributed by atoms with Gasteiger partial charge in [-0.15, -0.1) is 0 Å². The molecule has 0 saturated carbocycles. The van der Waals surface area contributed by atoms with Crippen molar-refractivity contribution in [2.75, 3.05) is 26.2 Å². The number of fused-ring (bicyclic) bond motifs is 1. The number of aromatic nitrogens is 1. The van der Waals surface area contributed by atoms with Gasteiger partial charge in [0.15, 0.2) is 0 Å². The Kier molecular flexibility index (Phi) is 4.27. The van der Waals surface area contributed by atoms with Gasteiger partial charge in [-0.3, -0.25) is 4.79 Å². The number of nitrogens with zero attached hydrogens (tertiary/aromatic N) is 2. The third-order valence-electron chi connectivity index (χ3n) is 4.28. The summed E-state index contributed by atoms with van der Waals surface area (Å²) in [7, 11) is -1.94. The molecule has 0 spiro atoms. The summed E-state index contributed by atoms with van der Waals surface area (Å²) in [5.41, 5.74) is 0.606. The molecule has 1 N–H and O–H groups in total. The summed E-state index contributed by atoms with van der Waals surface area (Å²) in [4.78, 5) is 12.6. The molecule has 2 aromatic rings. The van der Waals surface area contributed by atoms with E-state index >= 15 is 0 Å². The van der Waals surface area contributed by atoms with E-state index in [1.165, 1.54) is 8.87 Å². The zero-order chi connectivity index (χ0) is 16.6. The van der Waals surface area contributed by atoms with Crippen LogP contribution < -0.4 is 10.9 Å². The summed E-state index contributed by atoms with van der Waals surface area (Å²) in [6.45, 7) is 4.24. The van der Waals surface area contributed by atoms with Crippen LogP contribution in [0, 0.1) is 6.92 Å². The molecule has 23 heavy (non-hydrogen) atoms. The average molecular weight is 335 g/mol. The van der Waals surface area contributed by atoms with Gasteiger partial charge in [0.05, 0.1) is 4.90 Å². The van der Waals surface area contributed by atoms with Crippen LogP contribution in [0.15, 0.2) is 34.1 Å². The van der Waals surface area contributed by atoms with Crippen LogP contribution in [0.25, 0.3) is 10.8 Å². The Hall–Kier alpha value is -1.70. The topological polar surface area (TPSA) is 71.4 Å². The fraction of sp³-hybridized carbons (Fsp3) is 0.438. The average Bonchev–Trinajstić information content (AvgIpc) is 2.82. The van der Waals surface area contributed by atoms with E-state index in [1.807, 2.05) is 6.92 Å². The second-order valence-electron chi connectivity index (χ2n) is 5.91. The zero-order valence-corrected chi connectivity index (χ0v) is 14.2. The van der Waals surface area contributed by atoms with E-state index in [0.29, 0.717) is 30.4 Å². The number of hydrogen-bond donors (Lipinski definition) is 1. The fourth-order valence-electron chi connectivity index (χ4n) is 3.14. The maximum Gasteiger partial charge on any atom is 0.258 e. The molecule has 0 radical (unpaired) electrons. The van der Waals surface area contributed by atoms with E-state index in [4.69, 9.17) is 0 Å². The van der Waals surface area contributed by atoms with Crippen LogP contribution in [-0.2, 0) is 17.1 Å². The third kappa shape index (κ3) is 2.80. The van der Waals surface area contributed by atoms with Crippen molar-refractivity contribution < 1.29 is 8.42 Å². The SMILES string of the molecule is Cc1cn(C)c(=O)c2cccc(S(=O)(=O)N3CCCNCC3)c12. The molecule has 1 aromatic heterocycles. The van der Waals surface area contributed by atoms with Crippen molar-refractivity contribution >= 4 is 20.8 Å². The van der Waals surface area contributed by atoms with Crippen molar-refractivity contribution in [1.82, 2.24) is 14.2 Å². The standard InChI is InChI=1S/C16H21N3O3S/c1-12-11-18(2)16(20)13-5-3-6-14(15(12)13)23(21,22)19-9-4-7-17-8-10-19/h3,5-6,11,17H,4,7-10H2,1-2H3.